The first-order valence-corrected chi connectivity index (χ1v) is 10.5. The molecule has 2 aliphatic heterocycles. The van der Waals surface area contributed by atoms with Gasteiger partial charge in [-0.05, 0) is 31.6 Å². The van der Waals surface area contributed by atoms with Crippen molar-refractivity contribution in [3.8, 4) is 0 Å². The Morgan fingerprint density at radius 1 is 1.18 bits per heavy atom. The molecule has 0 aromatic heterocycles. The Hall–Kier alpha value is -0.610. The number of amides is 1. The summed E-state index contributed by atoms with van der Waals surface area (Å²) >= 11 is 0. The predicted octanol–water partition coefficient (Wildman–Crippen LogP) is 2.15. The van der Waals surface area contributed by atoms with E-state index in [0.717, 1.165) is 45.0 Å². The summed E-state index contributed by atoms with van der Waals surface area (Å²) in [6, 6.07) is 0.299. The Morgan fingerprint density at radius 3 is 2.64 bits per heavy atom. The smallest absolute Gasteiger partial charge is 0.243 e. The first-order chi connectivity index (χ1) is 13.1. The molecule has 7 nitrogen and oxygen atoms in total. The van der Waals surface area contributed by atoms with Crippen LogP contribution in [-0.2, 0) is 14.3 Å². The van der Waals surface area contributed by atoms with Gasteiger partial charge < -0.3 is 25.0 Å². The quantitative estimate of drug-likeness (QED) is 0.338. The Balaban J connectivity index is 0.00000280. The van der Waals surface area contributed by atoms with Crippen LogP contribution in [0.4, 0.5) is 0 Å². The van der Waals surface area contributed by atoms with E-state index in [0.29, 0.717) is 18.6 Å². The molecule has 1 aliphatic carbocycles. The lowest BCUT2D eigenvalue weighted by molar-refractivity contribution is -0.127. The van der Waals surface area contributed by atoms with Crippen LogP contribution in [0.1, 0.15) is 51.4 Å². The summed E-state index contributed by atoms with van der Waals surface area (Å²) in [6.07, 6.45) is 9.43. The van der Waals surface area contributed by atoms with Gasteiger partial charge in [0.25, 0.3) is 0 Å². The van der Waals surface area contributed by atoms with E-state index in [4.69, 9.17) is 9.47 Å². The van der Waals surface area contributed by atoms with Gasteiger partial charge in [-0.25, -0.2) is 4.99 Å². The molecular formula is C20H37IN4O3. The van der Waals surface area contributed by atoms with Crippen molar-refractivity contribution < 1.29 is 14.3 Å². The highest BCUT2D eigenvalue weighted by molar-refractivity contribution is 14.0. The van der Waals surface area contributed by atoms with Crippen molar-refractivity contribution in [1.29, 1.82) is 0 Å². The van der Waals surface area contributed by atoms with Gasteiger partial charge in [0, 0.05) is 46.3 Å². The zero-order chi connectivity index (χ0) is 19.1. The molecule has 2 saturated heterocycles. The molecule has 3 rings (SSSR count). The van der Waals surface area contributed by atoms with Crippen LogP contribution in [0.3, 0.4) is 0 Å². The minimum Gasteiger partial charge on any atom is -0.378 e. The lowest BCUT2D eigenvalue weighted by atomic mass is 9.89. The minimum atomic E-state index is -0.135. The molecule has 3 fully saturated rings. The van der Waals surface area contributed by atoms with Crippen LogP contribution < -0.4 is 10.6 Å². The number of nitrogens with one attached hydrogen (secondary N) is 2. The Labute approximate surface area is 186 Å². The molecule has 2 atom stereocenters. The van der Waals surface area contributed by atoms with Crippen LogP contribution in [0.2, 0.25) is 0 Å². The lowest BCUT2D eigenvalue weighted by Crippen LogP contribution is -2.52. The Morgan fingerprint density at radius 2 is 1.96 bits per heavy atom. The first kappa shape index (κ1) is 23.7. The summed E-state index contributed by atoms with van der Waals surface area (Å²) in [5, 5.41) is 7.08. The minimum absolute atomic E-state index is 0. The molecule has 0 aromatic carbocycles. The maximum absolute atomic E-state index is 12.0. The fourth-order valence-electron chi connectivity index (χ4n) is 4.28. The average Bonchev–Trinajstić information content (AvgIpc) is 3.11. The average molecular weight is 508 g/mol. The number of hydrogen-bond acceptors (Lipinski definition) is 4. The molecule has 0 aromatic rings. The number of halogens is 1. The summed E-state index contributed by atoms with van der Waals surface area (Å²) < 4.78 is 11.6. The molecule has 1 amide bonds. The highest BCUT2D eigenvalue weighted by Gasteiger charge is 2.41. The third-order valence-corrected chi connectivity index (χ3v) is 6.06. The Bertz CT molecular complexity index is 518. The van der Waals surface area contributed by atoms with Crippen molar-refractivity contribution in [2.45, 2.75) is 63.0 Å². The molecule has 162 valence electrons. The van der Waals surface area contributed by atoms with Crippen molar-refractivity contribution in [2.75, 3.05) is 47.0 Å². The zero-order valence-corrected chi connectivity index (χ0v) is 19.7. The maximum atomic E-state index is 12.0. The largest absolute Gasteiger partial charge is 0.378 e. The molecule has 28 heavy (non-hydrogen) atoms. The number of hydrogen-bond donors (Lipinski definition) is 2. The molecule has 1 saturated carbocycles. The van der Waals surface area contributed by atoms with Crippen molar-refractivity contribution in [1.82, 2.24) is 15.5 Å². The molecule has 3 aliphatic rings. The van der Waals surface area contributed by atoms with Gasteiger partial charge >= 0.3 is 0 Å². The molecule has 8 heteroatoms. The van der Waals surface area contributed by atoms with Crippen molar-refractivity contribution in [3.63, 3.8) is 0 Å². The number of aliphatic imine (C=N–C) groups is 1. The summed E-state index contributed by atoms with van der Waals surface area (Å²) in [5.41, 5.74) is -0.135. The van der Waals surface area contributed by atoms with Crippen LogP contribution in [0.25, 0.3) is 0 Å². The molecule has 2 N–H and O–H groups in total. The van der Waals surface area contributed by atoms with Crippen molar-refractivity contribution >= 4 is 35.8 Å². The first-order valence-electron chi connectivity index (χ1n) is 10.5. The number of carbonyl (C=O) groups excluding carboxylic acids is 1. The van der Waals surface area contributed by atoms with E-state index in [2.05, 4.69) is 15.6 Å². The summed E-state index contributed by atoms with van der Waals surface area (Å²) in [4.78, 5) is 18.1. The van der Waals surface area contributed by atoms with Crippen LogP contribution in [0, 0.1) is 5.92 Å². The van der Waals surface area contributed by atoms with Gasteiger partial charge in [0.1, 0.15) is 6.54 Å². The van der Waals surface area contributed by atoms with Crippen LogP contribution in [0.15, 0.2) is 4.99 Å². The standard InChI is InChI=1S/C20H36N4O3.HI/c1-24(2)18(25)14-22-19(21-13-16-6-4-3-5-7-16)23-17-8-10-27-20(12-17)9-11-26-15-20;/h16-17H,3-15H2,1-2H3,(H2,21,22,23);1H. The number of likely N-dealkylation sites (N-methyl/N-ethyl adjacent to an activating group) is 1. The Kier molecular flexibility index (Phi) is 9.76. The number of guanidine groups is 1. The van der Waals surface area contributed by atoms with Gasteiger partial charge in [-0.15, -0.1) is 24.0 Å². The summed E-state index contributed by atoms with van der Waals surface area (Å²) in [6.45, 7) is 3.31. The van der Waals surface area contributed by atoms with E-state index in [1.807, 2.05) is 0 Å². The van der Waals surface area contributed by atoms with Crippen molar-refractivity contribution in [3.05, 3.63) is 0 Å². The molecule has 1 spiro atoms. The lowest BCUT2D eigenvalue weighted by Gasteiger charge is -2.38. The van der Waals surface area contributed by atoms with E-state index in [9.17, 15) is 4.79 Å². The van der Waals surface area contributed by atoms with E-state index in [1.165, 1.54) is 32.1 Å². The normalized spacial score (nSPS) is 28.6. The van der Waals surface area contributed by atoms with E-state index < -0.39 is 0 Å². The van der Waals surface area contributed by atoms with Crippen LogP contribution in [0.5, 0.6) is 0 Å². The highest BCUT2D eigenvalue weighted by atomic mass is 127. The monoisotopic (exact) mass is 508 g/mol. The van der Waals surface area contributed by atoms with Gasteiger partial charge in [0.15, 0.2) is 5.96 Å². The predicted molar refractivity (Wildman–Crippen MR) is 121 cm³/mol. The molecule has 2 heterocycles. The highest BCUT2D eigenvalue weighted by Crippen LogP contribution is 2.32. The number of nitrogens with zero attached hydrogens (tertiary/aromatic N) is 2. The van der Waals surface area contributed by atoms with E-state index >= 15 is 0 Å². The summed E-state index contributed by atoms with van der Waals surface area (Å²) in [5.74, 6) is 1.48. The molecule has 2 unspecified atom stereocenters. The van der Waals surface area contributed by atoms with E-state index in [-0.39, 0.29) is 42.0 Å². The number of carbonyl (C=O) groups is 1. The zero-order valence-electron chi connectivity index (χ0n) is 17.4. The van der Waals surface area contributed by atoms with Crippen LogP contribution >= 0.6 is 24.0 Å². The number of ether oxygens (including phenoxy) is 2. The third kappa shape index (κ3) is 7.02. The molecule has 0 radical (unpaired) electrons. The van der Waals surface area contributed by atoms with Gasteiger partial charge in [-0.2, -0.15) is 0 Å². The second-order valence-electron chi connectivity index (χ2n) is 8.51. The van der Waals surface area contributed by atoms with Gasteiger partial charge in [-0.1, -0.05) is 19.3 Å². The van der Waals surface area contributed by atoms with Gasteiger partial charge in [0.2, 0.25) is 5.91 Å². The van der Waals surface area contributed by atoms with Crippen molar-refractivity contribution in [2.24, 2.45) is 10.9 Å². The van der Waals surface area contributed by atoms with E-state index in [1.54, 1.807) is 19.0 Å². The fourth-order valence-corrected chi connectivity index (χ4v) is 4.28. The van der Waals surface area contributed by atoms with Gasteiger partial charge in [-0.3, -0.25) is 4.79 Å². The second-order valence-corrected chi connectivity index (χ2v) is 8.51. The third-order valence-electron chi connectivity index (χ3n) is 6.06. The topological polar surface area (TPSA) is 75.2 Å². The van der Waals surface area contributed by atoms with Gasteiger partial charge in [0.05, 0.1) is 12.2 Å². The summed E-state index contributed by atoms with van der Waals surface area (Å²) in [7, 11) is 3.53. The number of rotatable bonds is 5. The SMILES string of the molecule is CN(C)C(=O)CN=C(NCC1CCCCC1)NC1CCOC2(CCOC2)C1.I. The molecule has 0 bridgehead atoms. The van der Waals surface area contributed by atoms with Crippen LogP contribution in [-0.4, -0.2) is 75.4 Å². The molecular weight excluding hydrogens is 471 g/mol. The fraction of sp³-hybridized carbons (Fsp3) is 0.900. The maximum Gasteiger partial charge on any atom is 0.243 e. The second kappa shape index (κ2) is 11.5.